The van der Waals surface area contributed by atoms with E-state index in [1.165, 1.54) is 36.5 Å². The molecule has 0 N–H and O–H groups in total. The van der Waals surface area contributed by atoms with Gasteiger partial charge in [0.1, 0.15) is 17.3 Å². The quantitative estimate of drug-likeness (QED) is 0.159. The van der Waals surface area contributed by atoms with Gasteiger partial charge >= 0.3 is 7.82 Å². The maximum atomic E-state index is 13.4. The number of phosphoric ester groups is 1. The molecule has 0 amide bonds. The van der Waals surface area contributed by atoms with E-state index in [4.69, 9.17) is 13.6 Å². The van der Waals surface area contributed by atoms with Crippen molar-refractivity contribution in [1.29, 1.82) is 0 Å². The second-order valence-electron chi connectivity index (χ2n) is 4.90. The van der Waals surface area contributed by atoms with Gasteiger partial charge in [0.25, 0.3) is 0 Å². The highest BCUT2D eigenvalue weighted by Crippen LogP contribution is 2.55. The van der Waals surface area contributed by atoms with Gasteiger partial charge in [-0.05, 0) is 36.5 Å². The average Bonchev–Trinajstić information content (AvgIpc) is 2.72. The van der Waals surface area contributed by atoms with Crippen molar-refractivity contribution >= 4 is 7.82 Å². The van der Waals surface area contributed by atoms with E-state index in [1.807, 2.05) is 0 Å². The summed E-state index contributed by atoms with van der Waals surface area (Å²) in [6, 6.07) is 0. The fourth-order valence-corrected chi connectivity index (χ4v) is 2.83. The first kappa shape index (κ1) is 25.5. The lowest BCUT2D eigenvalue weighted by Crippen LogP contribution is -1.99. The van der Waals surface area contributed by atoms with E-state index in [-0.39, 0.29) is 17.3 Å². The molecule has 0 saturated carbocycles. The SMILES string of the molecule is C=C/C=C\C=C(/C=C)OP(=O)(O/C(C=C)=C/C=C\C=C)O/C(C=C)=C/C=C\C=C. The Hall–Kier alpha value is -3.49. The Bertz CT molecular complexity index is 724. The summed E-state index contributed by atoms with van der Waals surface area (Å²) in [6.07, 6.45) is 23.4. The summed E-state index contributed by atoms with van der Waals surface area (Å²) in [7, 11) is -4.18. The second kappa shape index (κ2) is 15.6. The van der Waals surface area contributed by atoms with Crippen LogP contribution >= 0.6 is 7.82 Å². The third kappa shape index (κ3) is 11.8. The molecule has 0 rings (SSSR count). The van der Waals surface area contributed by atoms with E-state index < -0.39 is 7.82 Å². The number of hydrogen-bond acceptors (Lipinski definition) is 4. The van der Waals surface area contributed by atoms with Gasteiger partial charge in [-0.25, -0.2) is 0 Å². The zero-order chi connectivity index (χ0) is 22.0. The van der Waals surface area contributed by atoms with Crippen molar-refractivity contribution in [3.05, 3.63) is 148 Å². The van der Waals surface area contributed by atoms with Crippen LogP contribution in [0.2, 0.25) is 0 Å². The Morgan fingerprint density at radius 2 is 0.793 bits per heavy atom. The van der Waals surface area contributed by atoms with Gasteiger partial charge in [0.2, 0.25) is 0 Å². The van der Waals surface area contributed by atoms with Crippen LogP contribution in [0.1, 0.15) is 0 Å². The summed E-state index contributed by atoms with van der Waals surface area (Å²) in [6.45, 7) is 21.7. The van der Waals surface area contributed by atoms with Crippen molar-refractivity contribution in [2.45, 2.75) is 0 Å². The minimum Gasteiger partial charge on any atom is -0.386 e. The molecule has 0 aliphatic carbocycles. The van der Waals surface area contributed by atoms with Gasteiger partial charge in [-0.3, -0.25) is 0 Å². The highest BCUT2D eigenvalue weighted by molar-refractivity contribution is 7.48. The van der Waals surface area contributed by atoms with Crippen LogP contribution in [0.5, 0.6) is 0 Å². The van der Waals surface area contributed by atoms with E-state index in [0.717, 1.165) is 0 Å². The van der Waals surface area contributed by atoms with Crippen LogP contribution in [0, 0.1) is 0 Å². The molecule has 0 radical (unpaired) electrons. The highest BCUT2D eigenvalue weighted by atomic mass is 31.2. The van der Waals surface area contributed by atoms with Crippen LogP contribution < -0.4 is 0 Å². The number of rotatable bonds is 15. The molecule has 4 nitrogen and oxygen atoms in total. The summed E-state index contributed by atoms with van der Waals surface area (Å²) < 4.78 is 29.9. The molecule has 0 spiro atoms. The van der Waals surface area contributed by atoms with Gasteiger partial charge < -0.3 is 13.6 Å². The van der Waals surface area contributed by atoms with Gasteiger partial charge in [0, 0.05) is 0 Å². The summed E-state index contributed by atoms with van der Waals surface area (Å²) in [4.78, 5) is 0. The summed E-state index contributed by atoms with van der Waals surface area (Å²) in [5.74, 6) is 0.504. The summed E-state index contributed by atoms with van der Waals surface area (Å²) in [5.41, 5.74) is 0. The van der Waals surface area contributed by atoms with Crippen molar-refractivity contribution in [3.63, 3.8) is 0 Å². The molecule has 0 unspecified atom stereocenters. The molecule has 0 aromatic heterocycles. The Labute approximate surface area is 174 Å². The van der Waals surface area contributed by atoms with Crippen LogP contribution in [0.4, 0.5) is 0 Å². The molecule has 0 aromatic rings. The predicted molar refractivity (Wildman–Crippen MR) is 124 cm³/mol. The topological polar surface area (TPSA) is 44.8 Å². The predicted octanol–water partition coefficient (Wildman–Crippen LogP) is 7.58. The zero-order valence-corrected chi connectivity index (χ0v) is 17.4. The lowest BCUT2D eigenvalue weighted by Gasteiger charge is -2.20. The minimum atomic E-state index is -4.18. The summed E-state index contributed by atoms with van der Waals surface area (Å²) >= 11 is 0. The fourth-order valence-electron chi connectivity index (χ4n) is 1.54. The third-order valence-electron chi connectivity index (χ3n) is 2.78. The van der Waals surface area contributed by atoms with Gasteiger partial charge in [0.05, 0.1) is 0 Å². The maximum absolute atomic E-state index is 13.4. The van der Waals surface area contributed by atoms with Crippen LogP contribution in [-0.4, -0.2) is 0 Å². The third-order valence-corrected chi connectivity index (χ3v) is 4.08. The first-order valence-electron chi connectivity index (χ1n) is 8.52. The zero-order valence-electron chi connectivity index (χ0n) is 16.5. The maximum Gasteiger partial charge on any atom is 0.647 e. The van der Waals surface area contributed by atoms with Crippen molar-refractivity contribution in [2.75, 3.05) is 0 Å². The van der Waals surface area contributed by atoms with Gasteiger partial charge in [-0.15, -0.1) is 0 Å². The van der Waals surface area contributed by atoms with E-state index in [1.54, 1.807) is 54.7 Å². The molecule has 0 aliphatic rings. The molecule has 0 aliphatic heterocycles. The van der Waals surface area contributed by atoms with E-state index >= 15 is 0 Å². The van der Waals surface area contributed by atoms with Crippen LogP contribution in [-0.2, 0) is 18.1 Å². The van der Waals surface area contributed by atoms with Crippen LogP contribution in [0.15, 0.2) is 148 Å². The molecule has 0 heterocycles. The highest BCUT2D eigenvalue weighted by Gasteiger charge is 2.33. The van der Waals surface area contributed by atoms with Crippen molar-refractivity contribution < 1.29 is 18.1 Å². The lowest BCUT2D eigenvalue weighted by atomic mass is 10.4. The molecule has 0 atom stereocenters. The molecular formula is C24H27O4P. The lowest BCUT2D eigenvalue weighted by molar-refractivity contribution is 0.205. The number of allylic oxidation sites excluding steroid dienone is 15. The Balaban J connectivity index is 6.02. The second-order valence-corrected chi connectivity index (χ2v) is 6.34. The minimum absolute atomic E-state index is 0.168. The molecule has 0 aromatic carbocycles. The molecule has 29 heavy (non-hydrogen) atoms. The van der Waals surface area contributed by atoms with E-state index in [2.05, 4.69) is 39.5 Å². The largest absolute Gasteiger partial charge is 0.647 e. The Morgan fingerprint density at radius 3 is 1.00 bits per heavy atom. The van der Waals surface area contributed by atoms with Crippen molar-refractivity contribution in [1.82, 2.24) is 0 Å². The van der Waals surface area contributed by atoms with Crippen molar-refractivity contribution in [3.8, 4) is 0 Å². The fraction of sp³-hybridized carbons (Fsp3) is 0. The first-order valence-corrected chi connectivity index (χ1v) is 9.98. The Kier molecular flexibility index (Phi) is 13.7. The molecule has 5 heteroatoms. The number of hydrogen-bond donors (Lipinski definition) is 0. The van der Waals surface area contributed by atoms with Crippen molar-refractivity contribution in [2.24, 2.45) is 0 Å². The molecule has 152 valence electrons. The standard InChI is InChI=1S/C24H27O4P/c1-7-13-16-19-22(10-4)26-29(25,27-23(11-5)20-17-14-8-2)28-24(12-6)21-18-15-9-3/h7-21H,1-6H2/b16-13-,17-14-,18-15-,22-19+,23-20+,24-21+. The average molecular weight is 410 g/mol. The van der Waals surface area contributed by atoms with Crippen LogP contribution in [0.3, 0.4) is 0 Å². The first-order chi connectivity index (χ1) is 14.0. The molecule has 0 fully saturated rings. The Morgan fingerprint density at radius 1 is 0.517 bits per heavy atom. The van der Waals surface area contributed by atoms with Gasteiger partial charge in [-0.1, -0.05) is 94.2 Å². The van der Waals surface area contributed by atoms with E-state index in [9.17, 15) is 4.57 Å². The molecule has 0 bridgehead atoms. The van der Waals surface area contributed by atoms with E-state index in [0.29, 0.717) is 0 Å². The normalized spacial score (nSPS) is 13.3. The van der Waals surface area contributed by atoms with Crippen LogP contribution in [0.25, 0.3) is 0 Å². The molecular weight excluding hydrogens is 383 g/mol. The smallest absolute Gasteiger partial charge is 0.386 e. The van der Waals surface area contributed by atoms with Gasteiger partial charge in [0.15, 0.2) is 0 Å². The monoisotopic (exact) mass is 410 g/mol. The number of phosphoric acid groups is 1. The summed E-state index contributed by atoms with van der Waals surface area (Å²) in [5, 5.41) is 0. The molecule has 0 saturated heterocycles. The van der Waals surface area contributed by atoms with Gasteiger partial charge in [-0.2, -0.15) is 4.57 Å².